The molecule has 0 aromatic heterocycles. The lowest BCUT2D eigenvalue weighted by Crippen LogP contribution is -2.59. The van der Waals surface area contributed by atoms with Crippen molar-refractivity contribution >= 4 is 33.4 Å². The Balaban J connectivity index is 1.89. The molecule has 2 heterocycles. The molecule has 2 atom stereocenters. The molecular weight excluding hydrogens is 412 g/mol. The summed E-state index contributed by atoms with van der Waals surface area (Å²) in [5.41, 5.74) is 6.21. The molecule has 0 aliphatic carbocycles. The zero-order valence-electron chi connectivity index (χ0n) is 17.0. The molecule has 164 valence electrons. The van der Waals surface area contributed by atoms with Gasteiger partial charge in [-0.3, -0.25) is 14.4 Å². The van der Waals surface area contributed by atoms with Gasteiger partial charge in [-0.2, -0.15) is 4.72 Å². The van der Waals surface area contributed by atoms with Crippen molar-refractivity contribution < 1.29 is 27.5 Å². The summed E-state index contributed by atoms with van der Waals surface area (Å²) < 4.78 is 33.6. The Morgan fingerprint density at radius 1 is 1.30 bits per heavy atom. The first kappa shape index (κ1) is 22.2. The van der Waals surface area contributed by atoms with Crippen molar-refractivity contribution in [3.63, 3.8) is 0 Å². The van der Waals surface area contributed by atoms with E-state index in [0.29, 0.717) is 37.2 Å². The van der Waals surface area contributed by atoms with Gasteiger partial charge in [-0.15, -0.1) is 0 Å². The van der Waals surface area contributed by atoms with Gasteiger partial charge in [-0.05, 0) is 38.0 Å². The second kappa shape index (κ2) is 8.70. The predicted octanol–water partition coefficient (Wildman–Crippen LogP) is -0.499. The number of primary amides is 1. The number of nitrogens with zero attached hydrogens (tertiary/aromatic N) is 2. The number of rotatable bonds is 6. The summed E-state index contributed by atoms with van der Waals surface area (Å²) in [4.78, 5) is 39.7. The van der Waals surface area contributed by atoms with Crippen molar-refractivity contribution in [1.82, 2.24) is 9.62 Å². The fourth-order valence-electron chi connectivity index (χ4n) is 3.76. The van der Waals surface area contributed by atoms with Crippen LogP contribution in [0, 0.1) is 6.92 Å². The highest BCUT2D eigenvalue weighted by Gasteiger charge is 2.37. The first-order chi connectivity index (χ1) is 14.1. The van der Waals surface area contributed by atoms with E-state index in [9.17, 15) is 22.8 Å². The maximum Gasteiger partial charge on any atom is 0.250 e. The molecule has 3 N–H and O–H groups in total. The number of anilines is 1. The highest BCUT2D eigenvalue weighted by molar-refractivity contribution is 7.89. The number of amides is 3. The van der Waals surface area contributed by atoms with Gasteiger partial charge in [0.1, 0.15) is 0 Å². The van der Waals surface area contributed by atoms with E-state index in [0.717, 1.165) is 0 Å². The minimum atomic E-state index is -4.27. The van der Waals surface area contributed by atoms with Crippen molar-refractivity contribution in [3.05, 3.63) is 23.8 Å². The molecule has 2 aliphatic rings. The summed E-state index contributed by atoms with van der Waals surface area (Å²) in [6.45, 7) is 4.64. The van der Waals surface area contributed by atoms with Crippen LogP contribution in [0.4, 0.5) is 5.69 Å². The highest BCUT2D eigenvalue weighted by Crippen LogP contribution is 2.29. The number of benzene rings is 1. The number of ether oxygens (including phenoxy) is 1. The Hall–Kier alpha value is -2.50. The molecular formula is C19H26N4O6S. The van der Waals surface area contributed by atoms with Crippen LogP contribution in [0.1, 0.15) is 25.3 Å². The quantitative estimate of drug-likeness (QED) is 0.574. The maximum absolute atomic E-state index is 13.1. The maximum atomic E-state index is 13.1. The van der Waals surface area contributed by atoms with Crippen LogP contribution >= 0.6 is 0 Å². The second-order valence-corrected chi connectivity index (χ2v) is 9.14. The number of morpholine rings is 1. The van der Waals surface area contributed by atoms with Crippen LogP contribution in [0.5, 0.6) is 0 Å². The van der Waals surface area contributed by atoms with E-state index in [1.165, 1.54) is 17.0 Å². The van der Waals surface area contributed by atoms with Gasteiger partial charge < -0.3 is 20.3 Å². The molecule has 2 aliphatic heterocycles. The summed E-state index contributed by atoms with van der Waals surface area (Å²) in [6, 6.07) is 2.50. The van der Waals surface area contributed by atoms with Crippen LogP contribution < -0.4 is 15.4 Å². The molecule has 1 aromatic carbocycles. The fourth-order valence-corrected chi connectivity index (χ4v) is 5.18. The number of carbonyl (C=O) groups is 3. The topological polar surface area (TPSA) is 139 Å². The number of nitrogens with one attached hydrogen (secondary N) is 1. The molecule has 2 fully saturated rings. The van der Waals surface area contributed by atoms with Crippen LogP contribution in [0.15, 0.2) is 23.1 Å². The molecule has 30 heavy (non-hydrogen) atoms. The minimum absolute atomic E-state index is 0.0768. The van der Waals surface area contributed by atoms with Crippen molar-refractivity contribution in [3.8, 4) is 0 Å². The molecule has 0 radical (unpaired) electrons. The van der Waals surface area contributed by atoms with Gasteiger partial charge >= 0.3 is 0 Å². The minimum Gasteiger partial charge on any atom is -0.377 e. The number of sulfonamides is 1. The Morgan fingerprint density at radius 2 is 2.03 bits per heavy atom. The molecule has 3 amide bonds. The molecule has 1 aromatic rings. The molecule has 10 nitrogen and oxygen atoms in total. The summed E-state index contributed by atoms with van der Waals surface area (Å²) in [5.74, 6) is -1.89. The zero-order chi connectivity index (χ0) is 22.1. The third kappa shape index (κ3) is 4.32. The van der Waals surface area contributed by atoms with Crippen molar-refractivity contribution in [2.75, 3.05) is 31.2 Å². The van der Waals surface area contributed by atoms with Crippen LogP contribution in [-0.4, -0.2) is 69.4 Å². The smallest absolute Gasteiger partial charge is 0.250 e. The van der Waals surface area contributed by atoms with Gasteiger partial charge in [-0.1, -0.05) is 6.07 Å². The van der Waals surface area contributed by atoms with Crippen LogP contribution in [-0.2, 0) is 29.1 Å². The van der Waals surface area contributed by atoms with E-state index in [-0.39, 0.29) is 30.0 Å². The lowest BCUT2D eigenvalue weighted by molar-refractivity contribution is -0.144. The van der Waals surface area contributed by atoms with Crippen molar-refractivity contribution in [2.45, 2.75) is 43.7 Å². The van der Waals surface area contributed by atoms with Gasteiger partial charge in [0.25, 0.3) is 5.91 Å². The highest BCUT2D eigenvalue weighted by atomic mass is 32.2. The average molecular weight is 439 g/mol. The zero-order valence-corrected chi connectivity index (χ0v) is 17.8. The van der Waals surface area contributed by atoms with Gasteiger partial charge in [0.2, 0.25) is 21.8 Å². The van der Waals surface area contributed by atoms with Crippen molar-refractivity contribution in [2.24, 2.45) is 5.73 Å². The molecule has 0 bridgehead atoms. The Kier molecular flexibility index (Phi) is 6.44. The van der Waals surface area contributed by atoms with E-state index in [2.05, 4.69) is 4.72 Å². The first-order valence-corrected chi connectivity index (χ1v) is 11.2. The van der Waals surface area contributed by atoms with E-state index < -0.39 is 27.9 Å². The van der Waals surface area contributed by atoms with E-state index in [4.69, 9.17) is 10.5 Å². The van der Waals surface area contributed by atoms with Gasteiger partial charge in [0.05, 0.1) is 24.2 Å². The Labute approximate surface area is 175 Å². The monoisotopic (exact) mass is 438 g/mol. The summed E-state index contributed by atoms with van der Waals surface area (Å²) in [7, 11) is -4.27. The average Bonchev–Trinajstić information content (AvgIpc) is 3.11. The third-order valence-electron chi connectivity index (χ3n) is 5.36. The standard InChI is InChI=1S/C19H26N4O6S/c1-12-11-29-10-9-22(12)19(26)17(18(20)25)21-30(27,28)15-6-3-5-14(13(15)2)23-8-4-7-16(23)24/h3,5-6,12,17,21H,4,7-11H2,1-2H3,(H2,20,25)/t12-,17-/m0/s1. The third-order valence-corrected chi connectivity index (χ3v) is 6.93. The number of hydrogen-bond acceptors (Lipinski definition) is 6. The molecule has 2 saturated heterocycles. The van der Waals surface area contributed by atoms with E-state index in [1.807, 2.05) is 0 Å². The van der Waals surface area contributed by atoms with E-state index in [1.54, 1.807) is 24.8 Å². The van der Waals surface area contributed by atoms with E-state index >= 15 is 0 Å². The lowest BCUT2D eigenvalue weighted by Gasteiger charge is -2.35. The predicted molar refractivity (Wildman–Crippen MR) is 108 cm³/mol. The van der Waals surface area contributed by atoms with Crippen LogP contribution in [0.3, 0.4) is 0 Å². The number of nitrogens with two attached hydrogens (primary N) is 1. The SMILES string of the molecule is Cc1c(N2CCCC2=O)cccc1S(=O)(=O)N[C@@H](C(N)=O)C(=O)N1CCOC[C@@H]1C. The fraction of sp³-hybridized carbons (Fsp3) is 0.526. The normalized spacial score (nSPS) is 21.0. The Morgan fingerprint density at radius 3 is 2.63 bits per heavy atom. The summed E-state index contributed by atoms with van der Waals surface area (Å²) in [5, 5.41) is 0. The Bertz CT molecular complexity index is 964. The largest absolute Gasteiger partial charge is 0.377 e. The van der Waals surface area contributed by atoms with Crippen LogP contribution in [0.2, 0.25) is 0 Å². The van der Waals surface area contributed by atoms with Crippen LogP contribution in [0.25, 0.3) is 0 Å². The van der Waals surface area contributed by atoms with Gasteiger partial charge in [0, 0.05) is 25.2 Å². The molecule has 0 spiro atoms. The first-order valence-electron chi connectivity index (χ1n) is 9.73. The summed E-state index contributed by atoms with van der Waals surface area (Å²) >= 11 is 0. The molecule has 11 heteroatoms. The summed E-state index contributed by atoms with van der Waals surface area (Å²) in [6.07, 6.45) is 1.11. The van der Waals surface area contributed by atoms with Gasteiger partial charge in [-0.25, -0.2) is 8.42 Å². The van der Waals surface area contributed by atoms with Gasteiger partial charge in [0.15, 0.2) is 6.04 Å². The molecule has 0 saturated carbocycles. The second-order valence-electron chi connectivity index (χ2n) is 7.46. The molecule has 0 unspecified atom stereocenters. The molecule has 3 rings (SSSR count). The number of carbonyl (C=O) groups excluding carboxylic acids is 3. The van der Waals surface area contributed by atoms with Crippen molar-refractivity contribution in [1.29, 1.82) is 0 Å². The lowest BCUT2D eigenvalue weighted by atomic mass is 10.2. The number of hydrogen-bond donors (Lipinski definition) is 2.